The maximum atomic E-state index is 3.64. The zero-order chi connectivity index (χ0) is 12.9. The summed E-state index contributed by atoms with van der Waals surface area (Å²) in [5, 5.41) is 3.64. The van der Waals surface area contributed by atoms with E-state index in [4.69, 9.17) is 0 Å². The van der Waals surface area contributed by atoms with Crippen molar-refractivity contribution in [1.82, 2.24) is 10.2 Å². The van der Waals surface area contributed by atoms with Crippen LogP contribution in [0.25, 0.3) is 0 Å². The Morgan fingerprint density at radius 1 is 1.05 bits per heavy atom. The molecule has 2 nitrogen and oxygen atoms in total. The van der Waals surface area contributed by atoms with E-state index in [1.54, 1.807) is 38.5 Å². The van der Waals surface area contributed by atoms with E-state index < -0.39 is 0 Å². The third-order valence-corrected chi connectivity index (χ3v) is 6.49. The molecule has 108 valence electrons. The van der Waals surface area contributed by atoms with Gasteiger partial charge < -0.3 is 10.2 Å². The smallest absolute Gasteiger partial charge is 0.0207 e. The van der Waals surface area contributed by atoms with E-state index in [0.29, 0.717) is 0 Å². The molecule has 1 heterocycles. The van der Waals surface area contributed by atoms with Crippen LogP contribution in [0.4, 0.5) is 0 Å². The summed E-state index contributed by atoms with van der Waals surface area (Å²) >= 11 is 0. The normalized spacial score (nSPS) is 49.1. The SMILES string of the molecule is CCNC1CCN(CC23CC4CC(CC(C4)C2)C3)C1. The Bertz CT molecular complexity index is 303. The Labute approximate surface area is 118 Å². The molecule has 5 fully saturated rings. The highest BCUT2D eigenvalue weighted by molar-refractivity contribution is 5.03. The van der Waals surface area contributed by atoms with Gasteiger partial charge in [-0.3, -0.25) is 0 Å². The molecule has 4 aliphatic carbocycles. The number of hydrogen-bond acceptors (Lipinski definition) is 2. The molecule has 0 aromatic carbocycles. The van der Waals surface area contributed by atoms with E-state index in [1.807, 2.05) is 0 Å². The molecule has 1 N–H and O–H groups in total. The van der Waals surface area contributed by atoms with Gasteiger partial charge in [0, 0.05) is 19.1 Å². The highest BCUT2D eigenvalue weighted by Gasteiger charge is 2.51. The second-order valence-corrected chi connectivity index (χ2v) is 8.20. The average molecular weight is 262 g/mol. The molecular weight excluding hydrogens is 232 g/mol. The summed E-state index contributed by atoms with van der Waals surface area (Å²) in [6.07, 6.45) is 10.8. The molecule has 19 heavy (non-hydrogen) atoms. The van der Waals surface area contributed by atoms with Crippen LogP contribution in [0.2, 0.25) is 0 Å². The van der Waals surface area contributed by atoms with Crippen molar-refractivity contribution in [2.45, 2.75) is 57.9 Å². The van der Waals surface area contributed by atoms with Crippen molar-refractivity contribution in [3.63, 3.8) is 0 Å². The molecule has 2 heteroatoms. The summed E-state index contributed by atoms with van der Waals surface area (Å²) in [4.78, 5) is 2.79. The van der Waals surface area contributed by atoms with Gasteiger partial charge in [0.2, 0.25) is 0 Å². The summed E-state index contributed by atoms with van der Waals surface area (Å²) in [5.41, 5.74) is 0.746. The summed E-state index contributed by atoms with van der Waals surface area (Å²) < 4.78 is 0. The lowest BCUT2D eigenvalue weighted by molar-refractivity contribution is -0.0666. The van der Waals surface area contributed by atoms with Crippen LogP contribution in [-0.2, 0) is 0 Å². The van der Waals surface area contributed by atoms with Crippen molar-refractivity contribution in [1.29, 1.82) is 0 Å². The Balaban J connectivity index is 1.40. The molecule has 1 unspecified atom stereocenters. The highest BCUT2D eigenvalue weighted by Crippen LogP contribution is 2.60. The van der Waals surface area contributed by atoms with Crippen LogP contribution in [0.5, 0.6) is 0 Å². The number of likely N-dealkylation sites (N-methyl/N-ethyl adjacent to an activating group) is 1. The van der Waals surface area contributed by atoms with Gasteiger partial charge in [-0.25, -0.2) is 0 Å². The summed E-state index contributed by atoms with van der Waals surface area (Å²) in [7, 11) is 0. The van der Waals surface area contributed by atoms with Gasteiger partial charge >= 0.3 is 0 Å². The minimum Gasteiger partial charge on any atom is -0.313 e. The van der Waals surface area contributed by atoms with Crippen LogP contribution in [0.15, 0.2) is 0 Å². The summed E-state index contributed by atoms with van der Waals surface area (Å²) in [6, 6.07) is 0.777. The minimum atomic E-state index is 0.746. The van der Waals surface area contributed by atoms with Gasteiger partial charge in [-0.2, -0.15) is 0 Å². The number of nitrogens with zero attached hydrogens (tertiary/aromatic N) is 1. The maximum absolute atomic E-state index is 3.64. The van der Waals surface area contributed by atoms with Crippen molar-refractivity contribution in [2.75, 3.05) is 26.2 Å². The first-order valence-electron chi connectivity index (χ1n) is 8.70. The van der Waals surface area contributed by atoms with Gasteiger partial charge in [-0.05, 0) is 81.2 Å². The van der Waals surface area contributed by atoms with Gasteiger partial charge in [0.25, 0.3) is 0 Å². The molecule has 0 amide bonds. The molecule has 1 atom stereocenters. The first kappa shape index (κ1) is 12.6. The lowest BCUT2D eigenvalue weighted by Crippen LogP contribution is -2.51. The first-order chi connectivity index (χ1) is 9.25. The van der Waals surface area contributed by atoms with E-state index in [1.165, 1.54) is 26.1 Å². The van der Waals surface area contributed by atoms with Gasteiger partial charge in [0.05, 0.1) is 0 Å². The molecule has 4 bridgehead atoms. The Morgan fingerprint density at radius 3 is 2.26 bits per heavy atom. The number of likely N-dealkylation sites (tertiary alicyclic amines) is 1. The van der Waals surface area contributed by atoms with Gasteiger partial charge in [0.1, 0.15) is 0 Å². The number of hydrogen-bond donors (Lipinski definition) is 1. The van der Waals surface area contributed by atoms with E-state index >= 15 is 0 Å². The largest absolute Gasteiger partial charge is 0.313 e. The number of nitrogens with one attached hydrogen (secondary N) is 1. The summed E-state index contributed by atoms with van der Waals surface area (Å²) in [6.45, 7) is 7.46. The third kappa shape index (κ3) is 2.35. The molecule has 0 aromatic rings. The Hall–Kier alpha value is -0.0800. The van der Waals surface area contributed by atoms with Crippen LogP contribution in [0, 0.1) is 23.2 Å². The van der Waals surface area contributed by atoms with E-state index in [0.717, 1.165) is 35.8 Å². The fourth-order valence-electron chi connectivity index (χ4n) is 6.39. The molecular formula is C17H30N2. The fourth-order valence-corrected chi connectivity index (χ4v) is 6.39. The van der Waals surface area contributed by atoms with E-state index in [9.17, 15) is 0 Å². The fraction of sp³-hybridized carbons (Fsp3) is 1.00. The minimum absolute atomic E-state index is 0.746. The van der Waals surface area contributed by atoms with E-state index in [-0.39, 0.29) is 0 Å². The standard InChI is InChI=1S/C17H30N2/c1-2-18-16-3-4-19(11-16)12-17-8-13-5-14(9-17)7-15(6-13)10-17/h13-16,18H,2-12H2,1H3. The molecule has 0 radical (unpaired) electrons. The lowest BCUT2D eigenvalue weighted by Gasteiger charge is -2.57. The first-order valence-corrected chi connectivity index (χ1v) is 8.70. The zero-order valence-electron chi connectivity index (χ0n) is 12.5. The zero-order valence-corrected chi connectivity index (χ0v) is 12.5. The van der Waals surface area contributed by atoms with Crippen molar-refractivity contribution in [3.8, 4) is 0 Å². The predicted molar refractivity (Wildman–Crippen MR) is 79.1 cm³/mol. The molecule has 0 spiro atoms. The van der Waals surface area contributed by atoms with Crippen LogP contribution >= 0.6 is 0 Å². The highest BCUT2D eigenvalue weighted by atomic mass is 15.2. The lowest BCUT2D eigenvalue weighted by atomic mass is 9.49. The van der Waals surface area contributed by atoms with Gasteiger partial charge in [-0.15, -0.1) is 0 Å². The number of rotatable bonds is 4. The van der Waals surface area contributed by atoms with Crippen molar-refractivity contribution >= 4 is 0 Å². The van der Waals surface area contributed by atoms with Crippen molar-refractivity contribution in [3.05, 3.63) is 0 Å². The summed E-state index contributed by atoms with van der Waals surface area (Å²) in [5.74, 6) is 3.33. The second-order valence-electron chi connectivity index (χ2n) is 8.20. The van der Waals surface area contributed by atoms with Crippen LogP contribution in [0.1, 0.15) is 51.9 Å². The second kappa shape index (κ2) is 4.73. The topological polar surface area (TPSA) is 15.3 Å². The molecule has 1 aliphatic heterocycles. The van der Waals surface area contributed by atoms with Crippen molar-refractivity contribution < 1.29 is 0 Å². The van der Waals surface area contributed by atoms with Crippen LogP contribution in [-0.4, -0.2) is 37.1 Å². The Morgan fingerprint density at radius 2 is 1.68 bits per heavy atom. The molecule has 1 saturated heterocycles. The van der Waals surface area contributed by atoms with Crippen LogP contribution < -0.4 is 5.32 Å². The predicted octanol–water partition coefficient (Wildman–Crippen LogP) is 2.89. The van der Waals surface area contributed by atoms with Crippen molar-refractivity contribution in [2.24, 2.45) is 23.2 Å². The molecule has 5 aliphatic rings. The third-order valence-electron chi connectivity index (χ3n) is 6.49. The van der Waals surface area contributed by atoms with Gasteiger partial charge in [-0.1, -0.05) is 6.92 Å². The molecule has 4 saturated carbocycles. The monoisotopic (exact) mass is 262 g/mol. The average Bonchev–Trinajstić information content (AvgIpc) is 2.74. The van der Waals surface area contributed by atoms with Gasteiger partial charge in [0.15, 0.2) is 0 Å². The van der Waals surface area contributed by atoms with Crippen LogP contribution in [0.3, 0.4) is 0 Å². The Kier molecular flexibility index (Phi) is 3.15. The quantitative estimate of drug-likeness (QED) is 0.838. The molecule has 0 aromatic heterocycles. The van der Waals surface area contributed by atoms with E-state index in [2.05, 4.69) is 17.1 Å². The maximum Gasteiger partial charge on any atom is 0.0207 e. The molecule has 5 rings (SSSR count).